The van der Waals surface area contributed by atoms with Crippen LogP contribution < -0.4 is 4.90 Å². The van der Waals surface area contributed by atoms with Gasteiger partial charge in [-0.3, -0.25) is 10.1 Å². The molecule has 0 spiro atoms. The summed E-state index contributed by atoms with van der Waals surface area (Å²) in [6, 6.07) is 6.42. The summed E-state index contributed by atoms with van der Waals surface area (Å²) in [5, 5.41) is 29.2. The maximum Gasteiger partial charge on any atom is 0.289 e. The Balaban J connectivity index is 2.37. The lowest BCUT2D eigenvalue weighted by Crippen LogP contribution is -2.41. The van der Waals surface area contributed by atoms with Gasteiger partial charge in [0.15, 0.2) is 0 Å². The van der Waals surface area contributed by atoms with Crippen molar-refractivity contribution in [3.05, 3.63) is 33.9 Å². The lowest BCUT2D eigenvalue weighted by molar-refractivity contribution is -0.385. The maximum atomic E-state index is 11.0. The van der Waals surface area contributed by atoms with E-state index in [4.69, 9.17) is 5.26 Å². The number of rotatable bonds is 3. The Morgan fingerprint density at radius 1 is 1.53 bits per heavy atom. The zero-order valence-corrected chi connectivity index (χ0v) is 10.5. The van der Waals surface area contributed by atoms with Crippen molar-refractivity contribution < 1.29 is 10.0 Å². The molecule has 1 aromatic carbocycles. The van der Waals surface area contributed by atoms with Crippen LogP contribution in [0, 0.1) is 21.4 Å². The first-order chi connectivity index (χ1) is 9.17. The molecule has 1 atom stereocenters. The van der Waals surface area contributed by atoms with Crippen LogP contribution in [0.5, 0.6) is 0 Å². The number of benzene rings is 1. The lowest BCUT2D eigenvalue weighted by Gasteiger charge is -2.36. The number of hydrogen-bond donors (Lipinski definition) is 1. The number of nitro groups is 1. The van der Waals surface area contributed by atoms with Gasteiger partial charge in [0.25, 0.3) is 5.69 Å². The molecule has 1 N–H and O–H groups in total. The summed E-state index contributed by atoms with van der Waals surface area (Å²) in [4.78, 5) is 12.4. The second-order valence-electron chi connectivity index (χ2n) is 4.60. The van der Waals surface area contributed by atoms with E-state index in [1.807, 2.05) is 11.0 Å². The van der Waals surface area contributed by atoms with Crippen molar-refractivity contribution in [2.45, 2.75) is 25.3 Å². The van der Waals surface area contributed by atoms with Crippen LogP contribution in [0.15, 0.2) is 18.2 Å². The van der Waals surface area contributed by atoms with Crippen LogP contribution in [0.25, 0.3) is 0 Å². The number of aliphatic hydroxyl groups excluding tert-OH is 1. The van der Waals surface area contributed by atoms with Crippen LogP contribution in [0.3, 0.4) is 0 Å². The zero-order valence-electron chi connectivity index (χ0n) is 10.5. The third kappa shape index (κ3) is 2.66. The van der Waals surface area contributed by atoms with E-state index in [-0.39, 0.29) is 23.9 Å². The smallest absolute Gasteiger partial charge is 0.289 e. The van der Waals surface area contributed by atoms with E-state index in [1.54, 1.807) is 6.07 Å². The van der Waals surface area contributed by atoms with E-state index in [0.29, 0.717) is 5.69 Å². The molecule has 1 aliphatic rings. The van der Waals surface area contributed by atoms with E-state index < -0.39 is 4.92 Å². The monoisotopic (exact) mass is 261 g/mol. The third-order valence-corrected chi connectivity index (χ3v) is 3.47. The topological polar surface area (TPSA) is 90.4 Å². The minimum atomic E-state index is -0.542. The Kier molecular flexibility index (Phi) is 3.97. The van der Waals surface area contributed by atoms with Crippen LogP contribution in [-0.2, 0) is 0 Å². The fraction of sp³-hybridized carbons (Fsp3) is 0.462. The van der Waals surface area contributed by atoms with E-state index in [1.165, 1.54) is 12.1 Å². The van der Waals surface area contributed by atoms with Gasteiger partial charge >= 0.3 is 0 Å². The normalized spacial score (nSPS) is 18.9. The summed E-state index contributed by atoms with van der Waals surface area (Å²) in [5.74, 6) is 0. The van der Waals surface area contributed by atoms with Crippen LogP contribution in [0.4, 0.5) is 11.4 Å². The summed E-state index contributed by atoms with van der Waals surface area (Å²) in [6.45, 7) is 0.808. The van der Waals surface area contributed by atoms with Crippen molar-refractivity contribution in [2.24, 2.45) is 0 Å². The number of nitriles is 1. The minimum absolute atomic E-state index is 0.00119. The number of nitro benzene ring substituents is 1. The third-order valence-electron chi connectivity index (χ3n) is 3.47. The van der Waals surface area contributed by atoms with Gasteiger partial charge in [-0.1, -0.05) is 0 Å². The largest absolute Gasteiger partial charge is 0.394 e. The van der Waals surface area contributed by atoms with Crippen molar-refractivity contribution in [3.63, 3.8) is 0 Å². The summed E-state index contributed by atoms with van der Waals surface area (Å²) >= 11 is 0. The molecular formula is C13H15N3O3. The molecule has 0 amide bonds. The highest BCUT2D eigenvalue weighted by Gasteiger charge is 2.24. The number of anilines is 1. The minimum Gasteiger partial charge on any atom is -0.394 e. The Bertz CT molecular complexity index is 524. The molecule has 0 saturated carbocycles. The lowest BCUT2D eigenvalue weighted by atomic mass is 10.0. The molecule has 0 aliphatic carbocycles. The Morgan fingerprint density at radius 2 is 2.32 bits per heavy atom. The van der Waals surface area contributed by atoms with Crippen LogP contribution in [-0.4, -0.2) is 29.2 Å². The predicted octanol–water partition coefficient (Wildman–Crippen LogP) is 1.82. The van der Waals surface area contributed by atoms with Crippen molar-refractivity contribution in [3.8, 4) is 6.07 Å². The molecule has 6 heteroatoms. The predicted molar refractivity (Wildman–Crippen MR) is 69.9 cm³/mol. The van der Waals surface area contributed by atoms with Gasteiger partial charge in [-0.25, -0.2) is 0 Å². The molecular weight excluding hydrogens is 246 g/mol. The van der Waals surface area contributed by atoms with Gasteiger partial charge in [-0.15, -0.1) is 0 Å². The second kappa shape index (κ2) is 5.67. The van der Waals surface area contributed by atoms with E-state index in [2.05, 4.69) is 0 Å². The fourth-order valence-corrected chi connectivity index (χ4v) is 2.47. The summed E-state index contributed by atoms with van der Waals surface area (Å²) in [6.07, 6.45) is 2.94. The molecule has 1 unspecified atom stereocenters. The number of piperidine rings is 1. The Labute approximate surface area is 111 Å². The van der Waals surface area contributed by atoms with Gasteiger partial charge in [-0.05, 0) is 31.4 Å². The average molecular weight is 261 g/mol. The summed E-state index contributed by atoms with van der Waals surface area (Å²) < 4.78 is 0. The van der Waals surface area contributed by atoms with Gasteiger partial charge in [0.2, 0.25) is 0 Å². The molecule has 1 fully saturated rings. The number of hydrogen-bond acceptors (Lipinski definition) is 5. The first-order valence-electron chi connectivity index (χ1n) is 6.23. The molecule has 0 radical (unpaired) electrons. The average Bonchev–Trinajstić information content (AvgIpc) is 2.46. The molecule has 0 aromatic heterocycles. The van der Waals surface area contributed by atoms with Crippen LogP contribution in [0.2, 0.25) is 0 Å². The first-order valence-corrected chi connectivity index (χ1v) is 6.23. The van der Waals surface area contributed by atoms with Gasteiger partial charge in [-0.2, -0.15) is 5.26 Å². The van der Waals surface area contributed by atoms with E-state index >= 15 is 0 Å². The molecule has 6 nitrogen and oxygen atoms in total. The molecule has 19 heavy (non-hydrogen) atoms. The highest BCUT2D eigenvalue weighted by atomic mass is 16.6. The van der Waals surface area contributed by atoms with Crippen LogP contribution >= 0.6 is 0 Å². The molecule has 2 rings (SSSR count). The van der Waals surface area contributed by atoms with Gasteiger partial charge < -0.3 is 10.0 Å². The second-order valence-corrected chi connectivity index (χ2v) is 4.60. The van der Waals surface area contributed by atoms with E-state index in [0.717, 1.165) is 25.8 Å². The van der Waals surface area contributed by atoms with Crippen molar-refractivity contribution in [1.29, 1.82) is 5.26 Å². The highest BCUT2D eigenvalue weighted by Crippen LogP contribution is 2.29. The highest BCUT2D eigenvalue weighted by molar-refractivity contribution is 5.60. The first kappa shape index (κ1) is 13.3. The summed E-state index contributed by atoms with van der Waals surface area (Å²) in [7, 11) is 0. The van der Waals surface area contributed by atoms with Gasteiger partial charge in [0, 0.05) is 18.3 Å². The van der Waals surface area contributed by atoms with Gasteiger partial charge in [0.1, 0.15) is 11.6 Å². The molecule has 100 valence electrons. The SMILES string of the molecule is N#Cc1ccc(N2CCCCC2CO)cc1[N+](=O)[O-]. The van der Waals surface area contributed by atoms with Crippen molar-refractivity contribution >= 4 is 11.4 Å². The van der Waals surface area contributed by atoms with E-state index in [9.17, 15) is 15.2 Å². The Morgan fingerprint density at radius 3 is 2.95 bits per heavy atom. The van der Waals surface area contributed by atoms with Crippen molar-refractivity contribution in [2.75, 3.05) is 18.1 Å². The molecule has 1 heterocycles. The van der Waals surface area contributed by atoms with Crippen molar-refractivity contribution in [1.82, 2.24) is 0 Å². The zero-order chi connectivity index (χ0) is 13.8. The molecule has 1 aromatic rings. The standard InChI is InChI=1S/C13H15N3O3/c14-8-10-4-5-11(7-13(10)16(18)19)15-6-2-1-3-12(15)9-17/h4-5,7,12,17H,1-3,6,9H2. The Hall–Kier alpha value is -2.13. The maximum absolute atomic E-state index is 11.0. The number of aliphatic hydroxyl groups is 1. The molecule has 1 saturated heterocycles. The summed E-state index contributed by atoms with van der Waals surface area (Å²) in [5.41, 5.74) is 0.582. The van der Waals surface area contributed by atoms with Crippen LogP contribution in [0.1, 0.15) is 24.8 Å². The quantitative estimate of drug-likeness (QED) is 0.662. The fourth-order valence-electron chi connectivity index (χ4n) is 2.47. The number of nitrogens with zero attached hydrogens (tertiary/aromatic N) is 3. The van der Waals surface area contributed by atoms with Gasteiger partial charge in [0.05, 0.1) is 17.6 Å². The molecule has 1 aliphatic heterocycles. The molecule has 0 bridgehead atoms.